The van der Waals surface area contributed by atoms with Gasteiger partial charge in [-0.3, -0.25) is 9.59 Å². The molecule has 2 unspecified atom stereocenters. The summed E-state index contributed by atoms with van der Waals surface area (Å²) in [6.45, 7) is 7.24. The number of aryl methyl sites for hydroxylation is 1. The lowest BCUT2D eigenvalue weighted by atomic mass is 9.81. The molecule has 3 N–H and O–H groups in total. The Morgan fingerprint density at radius 1 is 1.12 bits per heavy atom. The molecule has 3 amide bonds. The van der Waals surface area contributed by atoms with E-state index in [2.05, 4.69) is 20.9 Å². The highest BCUT2D eigenvalue weighted by atomic mass is 32.1. The number of hydrogen-bond acceptors (Lipinski definition) is 6. The van der Waals surface area contributed by atoms with Gasteiger partial charge in [-0.15, -0.1) is 0 Å². The van der Waals surface area contributed by atoms with E-state index >= 15 is 0 Å². The zero-order chi connectivity index (χ0) is 24.1. The Hall–Kier alpha value is -2.75. The van der Waals surface area contributed by atoms with E-state index in [0.717, 1.165) is 5.56 Å². The minimum atomic E-state index is -0.656. The van der Waals surface area contributed by atoms with Crippen molar-refractivity contribution in [3.05, 3.63) is 23.9 Å². The second kappa shape index (κ2) is 10.7. The normalized spacial score (nSPS) is 20.6. The first-order valence-corrected chi connectivity index (χ1v) is 11.0. The first kappa shape index (κ1) is 25.5. The lowest BCUT2D eigenvalue weighted by Gasteiger charge is -2.37. The summed E-state index contributed by atoms with van der Waals surface area (Å²) in [6.07, 6.45) is 2.66. The molecule has 1 fully saturated rings. The van der Waals surface area contributed by atoms with Crippen LogP contribution in [0.25, 0.3) is 0 Å². The lowest BCUT2D eigenvalue weighted by molar-refractivity contribution is -0.134. The van der Waals surface area contributed by atoms with E-state index in [0.29, 0.717) is 25.1 Å². The Kier molecular flexibility index (Phi) is 8.54. The molecule has 3 atom stereocenters. The Morgan fingerprint density at radius 3 is 2.38 bits per heavy atom. The van der Waals surface area contributed by atoms with Crippen molar-refractivity contribution in [2.75, 3.05) is 19.4 Å². The van der Waals surface area contributed by atoms with Gasteiger partial charge in [-0.2, -0.15) is 0 Å². The van der Waals surface area contributed by atoms with Gasteiger partial charge in [0.1, 0.15) is 11.4 Å². The number of hydrogen-bond donors (Lipinski definition) is 3. The zero-order valence-corrected chi connectivity index (χ0v) is 20.3. The highest BCUT2D eigenvalue weighted by Crippen LogP contribution is 2.27. The number of anilines is 1. The molecule has 1 aliphatic rings. The van der Waals surface area contributed by atoms with Crippen molar-refractivity contribution >= 4 is 40.9 Å². The van der Waals surface area contributed by atoms with Crippen molar-refractivity contribution in [1.82, 2.24) is 20.5 Å². The number of rotatable bonds is 4. The third-order valence-electron chi connectivity index (χ3n) is 5.02. The molecule has 1 aromatic heterocycles. The van der Waals surface area contributed by atoms with Crippen LogP contribution < -0.4 is 16.0 Å². The van der Waals surface area contributed by atoms with Crippen LogP contribution in [0.3, 0.4) is 0 Å². The van der Waals surface area contributed by atoms with Gasteiger partial charge in [-0.1, -0.05) is 18.3 Å². The van der Waals surface area contributed by atoms with Crippen LogP contribution in [-0.4, -0.2) is 64.6 Å². The van der Waals surface area contributed by atoms with Crippen molar-refractivity contribution < 1.29 is 19.1 Å². The first-order chi connectivity index (χ1) is 14.9. The fourth-order valence-electron chi connectivity index (χ4n) is 3.50. The van der Waals surface area contributed by atoms with E-state index in [4.69, 9.17) is 17.0 Å². The van der Waals surface area contributed by atoms with Gasteiger partial charge >= 0.3 is 6.09 Å². The number of carbonyl (C=O) groups is 3. The topological polar surface area (TPSA) is 113 Å². The number of carbonyl (C=O) groups excluding carboxylic acids is 3. The summed E-state index contributed by atoms with van der Waals surface area (Å²) in [7, 11) is 3.42. The standard InChI is InChI=1S/C22H33N5O4S/c1-13-7-10-17(23-12-13)26-18(28)19(32)24-15-9-8-14(20(29)27(5)6)11-16(15)25-21(30)31-22(2,3)4/h7,10,12,14-16H,8-9,11H2,1-6H3,(H,24,32)(H,25,30)(H,23,26,28)/t14-,15?,16?/m0/s1. The average Bonchev–Trinajstić information content (AvgIpc) is 2.68. The molecule has 1 saturated carbocycles. The zero-order valence-electron chi connectivity index (χ0n) is 19.5. The molecule has 0 saturated heterocycles. The van der Waals surface area contributed by atoms with Gasteiger partial charge in [0.05, 0.1) is 6.04 Å². The highest BCUT2D eigenvalue weighted by molar-refractivity contribution is 7.82. The molecular formula is C22H33N5O4S. The van der Waals surface area contributed by atoms with E-state index < -0.39 is 23.6 Å². The predicted octanol–water partition coefficient (Wildman–Crippen LogP) is 2.40. The number of alkyl carbamates (subject to hydrolysis) is 1. The molecule has 2 rings (SSSR count). The maximum absolute atomic E-state index is 12.5. The minimum absolute atomic E-state index is 0.00482. The molecule has 176 valence electrons. The molecular weight excluding hydrogens is 430 g/mol. The Morgan fingerprint density at radius 2 is 1.81 bits per heavy atom. The number of pyridine rings is 1. The van der Waals surface area contributed by atoms with Crippen molar-refractivity contribution in [1.29, 1.82) is 0 Å². The molecule has 1 heterocycles. The molecule has 1 aliphatic carbocycles. The van der Waals surface area contributed by atoms with E-state index in [1.165, 1.54) is 0 Å². The van der Waals surface area contributed by atoms with Gasteiger partial charge in [0.15, 0.2) is 4.99 Å². The summed E-state index contributed by atoms with van der Waals surface area (Å²) in [5.41, 5.74) is 0.320. The fourth-order valence-corrected chi connectivity index (χ4v) is 3.70. The van der Waals surface area contributed by atoms with Gasteiger partial charge in [0.2, 0.25) is 5.91 Å². The summed E-state index contributed by atoms with van der Waals surface area (Å²) in [4.78, 5) is 43.1. The molecule has 0 aliphatic heterocycles. The van der Waals surface area contributed by atoms with Gasteiger partial charge in [-0.05, 0) is 58.6 Å². The molecule has 32 heavy (non-hydrogen) atoms. The van der Waals surface area contributed by atoms with Crippen molar-refractivity contribution in [3.63, 3.8) is 0 Å². The summed E-state index contributed by atoms with van der Waals surface area (Å²) >= 11 is 5.29. The van der Waals surface area contributed by atoms with Crippen LogP contribution in [-0.2, 0) is 14.3 Å². The number of aromatic nitrogens is 1. The maximum atomic E-state index is 12.5. The van der Waals surface area contributed by atoms with Crippen LogP contribution in [0.2, 0.25) is 0 Å². The van der Waals surface area contributed by atoms with Crippen LogP contribution in [0.5, 0.6) is 0 Å². The Balaban J connectivity index is 2.07. The average molecular weight is 464 g/mol. The van der Waals surface area contributed by atoms with Crippen LogP contribution >= 0.6 is 12.2 Å². The van der Waals surface area contributed by atoms with Crippen molar-refractivity contribution in [2.45, 2.75) is 64.6 Å². The minimum Gasteiger partial charge on any atom is -0.444 e. The van der Waals surface area contributed by atoms with Crippen molar-refractivity contribution in [3.8, 4) is 0 Å². The van der Waals surface area contributed by atoms with Gasteiger partial charge in [0.25, 0.3) is 5.91 Å². The summed E-state index contributed by atoms with van der Waals surface area (Å²) in [5, 5.41) is 8.57. The molecule has 1 aromatic rings. The van der Waals surface area contributed by atoms with Gasteiger partial charge in [-0.25, -0.2) is 9.78 Å². The second-order valence-electron chi connectivity index (χ2n) is 9.25. The molecule has 0 aromatic carbocycles. The number of amides is 3. The second-order valence-corrected chi connectivity index (χ2v) is 9.66. The summed E-state index contributed by atoms with van der Waals surface area (Å²) in [5.74, 6) is -0.320. The number of nitrogens with zero attached hydrogens (tertiary/aromatic N) is 2. The molecule has 10 heteroatoms. The summed E-state index contributed by atoms with van der Waals surface area (Å²) in [6, 6.07) is 2.78. The number of ether oxygens (including phenoxy) is 1. The van der Waals surface area contributed by atoms with Crippen LogP contribution in [0.15, 0.2) is 18.3 Å². The van der Waals surface area contributed by atoms with E-state index in [9.17, 15) is 14.4 Å². The van der Waals surface area contributed by atoms with Gasteiger partial charge < -0.3 is 25.6 Å². The molecule has 0 spiro atoms. The number of thiocarbonyl (C=S) groups is 1. The van der Waals surface area contributed by atoms with Crippen LogP contribution in [0.1, 0.15) is 45.6 Å². The Bertz CT molecular complexity index is 851. The predicted molar refractivity (Wildman–Crippen MR) is 126 cm³/mol. The highest BCUT2D eigenvalue weighted by Gasteiger charge is 2.37. The summed E-state index contributed by atoms with van der Waals surface area (Å²) < 4.78 is 5.38. The van der Waals surface area contributed by atoms with E-state index in [1.54, 1.807) is 52.0 Å². The third-order valence-corrected chi connectivity index (χ3v) is 5.32. The van der Waals surface area contributed by atoms with E-state index in [-0.39, 0.29) is 22.9 Å². The smallest absolute Gasteiger partial charge is 0.407 e. The van der Waals surface area contributed by atoms with Crippen LogP contribution in [0.4, 0.5) is 10.6 Å². The Labute approximate surface area is 194 Å². The molecule has 0 bridgehead atoms. The number of nitrogens with one attached hydrogen (secondary N) is 3. The van der Waals surface area contributed by atoms with E-state index in [1.807, 2.05) is 13.0 Å². The quantitative estimate of drug-likeness (QED) is 0.588. The third kappa shape index (κ3) is 7.74. The van der Waals surface area contributed by atoms with Crippen LogP contribution in [0, 0.1) is 12.8 Å². The monoisotopic (exact) mass is 463 g/mol. The van der Waals surface area contributed by atoms with Crippen molar-refractivity contribution in [2.24, 2.45) is 5.92 Å². The lowest BCUT2D eigenvalue weighted by Crippen LogP contribution is -2.57. The van der Waals surface area contributed by atoms with Gasteiger partial charge in [0, 0.05) is 32.3 Å². The largest absolute Gasteiger partial charge is 0.444 e. The fraction of sp³-hybridized carbons (Fsp3) is 0.591. The molecule has 0 radical (unpaired) electrons. The molecule has 9 nitrogen and oxygen atoms in total. The first-order valence-electron chi connectivity index (χ1n) is 10.6. The SMILES string of the molecule is Cc1ccc(NC(=O)C(=S)NC2CC[C@H](C(=O)N(C)C)CC2NC(=O)OC(C)(C)C)nc1. The maximum Gasteiger partial charge on any atom is 0.407 e.